The van der Waals surface area contributed by atoms with Crippen molar-refractivity contribution in [3.05, 3.63) is 0 Å². The van der Waals surface area contributed by atoms with Gasteiger partial charge < -0.3 is 15.3 Å². The molecule has 0 bridgehead atoms. The first kappa shape index (κ1) is 25.5. The van der Waals surface area contributed by atoms with E-state index in [1.165, 1.54) is 0 Å². The average molecular weight is 341 g/mol. The van der Waals surface area contributed by atoms with E-state index in [2.05, 4.69) is 0 Å². The van der Waals surface area contributed by atoms with Crippen molar-refractivity contribution in [1.82, 2.24) is 0 Å². The number of unbranched alkanes of at least 4 members (excludes halogenated alkanes) is 3. The van der Waals surface area contributed by atoms with Gasteiger partial charge in [0, 0.05) is 0 Å². The maximum absolute atomic E-state index is 9.53. The van der Waals surface area contributed by atoms with Crippen LogP contribution in [0.3, 0.4) is 0 Å². The summed E-state index contributed by atoms with van der Waals surface area (Å²) in [6.07, 6.45) is 5.59. The summed E-state index contributed by atoms with van der Waals surface area (Å²) in [5, 5.41) is 28.6. The fourth-order valence-corrected chi connectivity index (χ4v) is 0.433. The summed E-state index contributed by atoms with van der Waals surface area (Å²) in [5.74, 6) is 0. The second-order valence-corrected chi connectivity index (χ2v) is 3.17. The fourth-order valence-electron chi connectivity index (χ4n) is 0.433. The van der Waals surface area contributed by atoms with E-state index in [0.29, 0.717) is 0 Å². The molecule has 0 aromatic carbocycles. The van der Waals surface area contributed by atoms with Crippen LogP contribution in [-0.2, 0) is 0 Å². The van der Waals surface area contributed by atoms with Gasteiger partial charge in [-0.2, -0.15) is 0 Å². The first-order chi connectivity index (χ1) is 7.24. The molecule has 4 heteroatoms. The maximum atomic E-state index is 9.53. The topological polar surface area (TPSA) is 69.2 Å². The molecule has 0 unspecified atom stereocenters. The molecule has 0 aromatic heterocycles. The summed E-state index contributed by atoms with van der Waals surface area (Å²) in [5.41, 5.74) is 0. The van der Waals surface area contributed by atoms with Crippen LogP contribution in [0.4, 0.5) is 0 Å². The van der Waals surface area contributed by atoms with Gasteiger partial charge in [0.25, 0.3) is 0 Å². The summed E-state index contributed by atoms with van der Waals surface area (Å²) in [6, 6.07) is 0. The summed E-state index contributed by atoms with van der Waals surface area (Å²) < 4.78 is 0. The summed E-state index contributed by atoms with van der Waals surface area (Å²) in [6.45, 7) is 6.32. The van der Waals surface area contributed by atoms with Crippen molar-refractivity contribution in [3.63, 3.8) is 0 Å². The van der Waals surface area contributed by atoms with Crippen molar-refractivity contribution in [2.45, 2.75) is 59.3 Å². The Bertz CT molecular complexity index is 53.0. The van der Waals surface area contributed by atoms with Crippen LogP contribution in [0, 0.1) is 0 Å². The van der Waals surface area contributed by atoms with E-state index in [4.69, 9.17) is 0 Å². The van der Waals surface area contributed by atoms with Gasteiger partial charge in [0.05, 0.1) is 0 Å². The van der Waals surface area contributed by atoms with E-state index in [1.807, 2.05) is 20.8 Å². The third-order valence-electron chi connectivity index (χ3n) is 1.49. The Hall–Kier alpha value is 0.698. The van der Waals surface area contributed by atoms with Gasteiger partial charge in [0.2, 0.25) is 0 Å². The Kier molecular flexibility index (Phi) is 57.5. The van der Waals surface area contributed by atoms with Crippen LogP contribution >= 0.6 is 0 Å². The molecule has 0 saturated heterocycles. The van der Waals surface area contributed by atoms with Gasteiger partial charge in [-0.1, -0.05) is 59.3 Å². The Morgan fingerprint density at radius 3 is 0.750 bits per heavy atom. The number of hydrogen-bond donors (Lipinski definition) is 0. The van der Waals surface area contributed by atoms with E-state index >= 15 is 0 Å². The van der Waals surface area contributed by atoms with E-state index in [9.17, 15) is 15.3 Å². The van der Waals surface area contributed by atoms with Crippen molar-refractivity contribution in [2.24, 2.45) is 0 Å². The number of hydrogen-bond acceptors (Lipinski definition) is 3. The molecule has 0 fully saturated rings. The SMILES string of the molecule is CCCC[O-].CCCC[O-].CCCC[O-].[Sb+3]. The largest absolute Gasteiger partial charge is 3.00 e. The first-order valence-electron chi connectivity index (χ1n) is 5.99. The van der Waals surface area contributed by atoms with Crippen molar-refractivity contribution in [2.75, 3.05) is 19.8 Å². The second kappa shape index (κ2) is 36.1. The average Bonchev–Trinajstić information content (AvgIpc) is 2.23. The fraction of sp³-hybridized carbons (Fsp3) is 1.00. The Balaban J connectivity index is -0.0000000655. The molecule has 3 nitrogen and oxygen atoms in total. The molecule has 0 amide bonds. The molecule has 0 spiro atoms. The van der Waals surface area contributed by atoms with E-state index in [-0.39, 0.29) is 44.2 Å². The molecule has 2 radical (unpaired) electrons. The molecule has 0 saturated carbocycles. The van der Waals surface area contributed by atoms with Crippen molar-refractivity contribution >= 4 is 24.4 Å². The van der Waals surface area contributed by atoms with Gasteiger partial charge in [0.1, 0.15) is 0 Å². The third-order valence-corrected chi connectivity index (χ3v) is 1.49. The molecule has 0 atom stereocenters. The van der Waals surface area contributed by atoms with Crippen LogP contribution in [-0.4, -0.2) is 44.2 Å². The zero-order valence-electron chi connectivity index (χ0n) is 11.0. The molecule has 0 aliphatic carbocycles. The Morgan fingerprint density at radius 2 is 0.750 bits per heavy atom. The van der Waals surface area contributed by atoms with Crippen LogP contribution < -0.4 is 15.3 Å². The van der Waals surface area contributed by atoms with Gasteiger partial charge in [-0.15, -0.1) is 19.8 Å². The van der Waals surface area contributed by atoms with Gasteiger partial charge >= 0.3 is 24.4 Å². The molecule has 0 N–H and O–H groups in total. The van der Waals surface area contributed by atoms with Crippen molar-refractivity contribution < 1.29 is 15.3 Å². The van der Waals surface area contributed by atoms with Crippen LogP contribution in [0.2, 0.25) is 0 Å². The van der Waals surface area contributed by atoms with Gasteiger partial charge in [0.15, 0.2) is 0 Å². The molecule has 0 aliphatic rings. The summed E-state index contributed by atoms with van der Waals surface area (Å²) in [7, 11) is 0. The predicted octanol–water partition coefficient (Wildman–Crippen LogP) is 0.0596. The maximum Gasteiger partial charge on any atom is 3.00 e. The van der Waals surface area contributed by atoms with Crippen LogP contribution in [0.1, 0.15) is 59.3 Å². The Labute approximate surface area is 119 Å². The molecular weight excluding hydrogens is 314 g/mol. The Morgan fingerprint density at radius 1 is 0.562 bits per heavy atom. The van der Waals surface area contributed by atoms with Gasteiger partial charge in [-0.25, -0.2) is 0 Å². The van der Waals surface area contributed by atoms with Crippen LogP contribution in [0.15, 0.2) is 0 Å². The monoisotopic (exact) mass is 340 g/mol. The van der Waals surface area contributed by atoms with E-state index in [0.717, 1.165) is 38.5 Å². The minimum Gasteiger partial charge on any atom is -0.854 e. The smallest absolute Gasteiger partial charge is 0.854 e. The van der Waals surface area contributed by atoms with E-state index in [1.54, 1.807) is 0 Å². The molecule has 0 aromatic rings. The minimum absolute atomic E-state index is 0. The number of rotatable bonds is 6. The molecule has 0 rings (SSSR count). The third kappa shape index (κ3) is 61.5. The zero-order chi connectivity index (χ0) is 12.4. The molecule has 0 aliphatic heterocycles. The standard InChI is InChI=1S/3C4H9O.Sb/c3*1-2-3-4-5;/h3*2-4H2,1H3;/q3*-1;+3. The quantitative estimate of drug-likeness (QED) is 0.642. The minimum atomic E-state index is 0. The van der Waals surface area contributed by atoms with Crippen molar-refractivity contribution in [3.8, 4) is 0 Å². The van der Waals surface area contributed by atoms with Gasteiger partial charge in [-0.05, 0) is 0 Å². The molecular formula is C12H27O3Sb. The van der Waals surface area contributed by atoms with Gasteiger partial charge in [-0.3, -0.25) is 0 Å². The predicted molar refractivity (Wildman–Crippen MR) is 65.1 cm³/mol. The van der Waals surface area contributed by atoms with Crippen LogP contribution in [0.25, 0.3) is 0 Å². The van der Waals surface area contributed by atoms with E-state index < -0.39 is 0 Å². The summed E-state index contributed by atoms with van der Waals surface area (Å²) in [4.78, 5) is 0. The van der Waals surface area contributed by atoms with Crippen LogP contribution in [0.5, 0.6) is 0 Å². The molecule has 98 valence electrons. The zero-order valence-corrected chi connectivity index (χ0v) is 13.6. The van der Waals surface area contributed by atoms with Crippen molar-refractivity contribution in [1.29, 1.82) is 0 Å². The first-order valence-corrected chi connectivity index (χ1v) is 5.99. The second-order valence-electron chi connectivity index (χ2n) is 3.17. The molecule has 0 heterocycles. The summed E-state index contributed by atoms with van der Waals surface area (Å²) >= 11 is 0. The molecule has 16 heavy (non-hydrogen) atoms. The normalized spacial score (nSPS) is 7.88.